The first-order chi connectivity index (χ1) is 8.52. The minimum atomic E-state index is -0.982. The van der Waals surface area contributed by atoms with Gasteiger partial charge in [0, 0.05) is 17.8 Å². The summed E-state index contributed by atoms with van der Waals surface area (Å²) in [5.41, 5.74) is 5.79. The molecule has 3 amide bonds. The maximum atomic E-state index is 11.6. The van der Waals surface area contributed by atoms with Gasteiger partial charge in [0.2, 0.25) is 0 Å². The van der Waals surface area contributed by atoms with Gasteiger partial charge in [-0.25, -0.2) is 4.79 Å². The summed E-state index contributed by atoms with van der Waals surface area (Å²) in [5, 5.41) is 22.5. The van der Waals surface area contributed by atoms with E-state index in [0.29, 0.717) is 11.3 Å². The van der Waals surface area contributed by atoms with E-state index in [4.69, 9.17) is 15.9 Å². The lowest BCUT2D eigenvalue weighted by Crippen LogP contribution is -2.33. The third-order valence-electron chi connectivity index (χ3n) is 2.12. The van der Waals surface area contributed by atoms with Gasteiger partial charge in [0.15, 0.2) is 0 Å². The third kappa shape index (κ3) is 4.40. The zero-order chi connectivity index (χ0) is 13.5. The maximum absolute atomic E-state index is 11.6. The van der Waals surface area contributed by atoms with Crippen LogP contribution in [0.15, 0.2) is 24.3 Å². The van der Waals surface area contributed by atoms with E-state index in [1.165, 1.54) is 24.3 Å². The van der Waals surface area contributed by atoms with Crippen molar-refractivity contribution in [3.63, 3.8) is 0 Å². The highest BCUT2D eigenvalue weighted by molar-refractivity contribution is 5.95. The van der Waals surface area contributed by atoms with E-state index in [9.17, 15) is 9.59 Å². The number of anilines is 1. The van der Waals surface area contributed by atoms with E-state index < -0.39 is 18.7 Å². The van der Waals surface area contributed by atoms with Gasteiger partial charge in [-0.05, 0) is 24.3 Å². The average molecular weight is 253 g/mol. The second kappa shape index (κ2) is 6.58. The highest BCUT2D eigenvalue weighted by Gasteiger charge is 2.08. The molecule has 1 rings (SSSR count). The van der Waals surface area contributed by atoms with Gasteiger partial charge in [0.1, 0.15) is 0 Å². The molecule has 1 atom stereocenters. The lowest BCUT2D eigenvalue weighted by Gasteiger charge is -2.09. The molecule has 0 bridgehead atoms. The predicted octanol–water partition coefficient (Wildman–Crippen LogP) is -0.740. The Morgan fingerprint density at radius 2 is 1.89 bits per heavy atom. The average Bonchev–Trinajstić information content (AvgIpc) is 2.35. The summed E-state index contributed by atoms with van der Waals surface area (Å²) in [6.45, 7) is -0.446. The molecule has 1 aromatic rings. The van der Waals surface area contributed by atoms with Crippen LogP contribution in [0.2, 0.25) is 0 Å². The van der Waals surface area contributed by atoms with Crippen molar-refractivity contribution in [2.45, 2.75) is 6.10 Å². The number of primary amides is 1. The summed E-state index contributed by atoms with van der Waals surface area (Å²) < 4.78 is 0. The van der Waals surface area contributed by atoms with E-state index in [2.05, 4.69) is 10.6 Å². The number of amides is 3. The van der Waals surface area contributed by atoms with E-state index in [0.717, 1.165) is 0 Å². The van der Waals surface area contributed by atoms with Crippen LogP contribution in [0.1, 0.15) is 10.4 Å². The molecule has 0 spiro atoms. The van der Waals surface area contributed by atoms with Crippen LogP contribution < -0.4 is 16.4 Å². The number of urea groups is 1. The molecule has 0 heterocycles. The number of hydrogen-bond donors (Lipinski definition) is 5. The van der Waals surface area contributed by atoms with E-state index in [1.807, 2.05) is 0 Å². The minimum Gasteiger partial charge on any atom is -0.394 e. The molecule has 7 nitrogen and oxygen atoms in total. The number of carbonyl (C=O) groups is 2. The van der Waals surface area contributed by atoms with Crippen molar-refractivity contribution in [3.05, 3.63) is 29.8 Å². The number of hydrogen-bond acceptors (Lipinski definition) is 4. The Balaban J connectivity index is 2.56. The van der Waals surface area contributed by atoms with E-state index in [-0.39, 0.29) is 12.5 Å². The van der Waals surface area contributed by atoms with Gasteiger partial charge in [0.05, 0.1) is 12.7 Å². The molecule has 1 unspecified atom stereocenters. The van der Waals surface area contributed by atoms with Crippen molar-refractivity contribution in [1.29, 1.82) is 0 Å². The Bertz CT molecular complexity index is 419. The number of aliphatic hydroxyl groups excluding tert-OH is 2. The van der Waals surface area contributed by atoms with Crippen molar-refractivity contribution < 1.29 is 19.8 Å². The van der Waals surface area contributed by atoms with Gasteiger partial charge in [0.25, 0.3) is 5.91 Å². The molecule has 0 aliphatic rings. The van der Waals surface area contributed by atoms with Gasteiger partial charge in [-0.3, -0.25) is 4.79 Å². The number of aliphatic hydroxyl groups is 2. The summed E-state index contributed by atoms with van der Waals surface area (Å²) in [7, 11) is 0. The molecular formula is C11H15N3O4. The SMILES string of the molecule is NC(=O)Nc1ccc(C(=O)NCC(O)CO)cc1. The Hall–Kier alpha value is -2.12. The van der Waals surface area contributed by atoms with Crippen molar-refractivity contribution in [1.82, 2.24) is 5.32 Å². The number of nitrogens with two attached hydrogens (primary N) is 1. The molecule has 7 heteroatoms. The van der Waals surface area contributed by atoms with Crippen LogP contribution in [-0.4, -0.2) is 41.4 Å². The van der Waals surface area contributed by atoms with Gasteiger partial charge in [-0.15, -0.1) is 0 Å². The first kappa shape index (κ1) is 13.9. The highest BCUT2D eigenvalue weighted by atomic mass is 16.3. The van der Waals surface area contributed by atoms with Gasteiger partial charge in [-0.2, -0.15) is 0 Å². The minimum absolute atomic E-state index is 0.0311. The maximum Gasteiger partial charge on any atom is 0.316 e. The fourth-order valence-corrected chi connectivity index (χ4v) is 1.22. The monoisotopic (exact) mass is 253 g/mol. The molecule has 98 valence electrons. The summed E-state index contributed by atoms with van der Waals surface area (Å²) in [5.74, 6) is -0.381. The fourth-order valence-electron chi connectivity index (χ4n) is 1.22. The molecule has 0 aliphatic heterocycles. The molecule has 0 radical (unpaired) electrons. The van der Waals surface area contributed by atoms with Crippen LogP contribution in [0.25, 0.3) is 0 Å². The molecule has 0 saturated heterocycles. The lowest BCUT2D eigenvalue weighted by molar-refractivity contribution is 0.0802. The second-order valence-corrected chi connectivity index (χ2v) is 3.61. The number of nitrogens with one attached hydrogen (secondary N) is 2. The van der Waals surface area contributed by atoms with Crippen LogP contribution in [0.5, 0.6) is 0 Å². The van der Waals surface area contributed by atoms with Crippen molar-refractivity contribution in [2.24, 2.45) is 5.73 Å². The van der Waals surface area contributed by atoms with Crippen molar-refractivity contribution in [2.75, 3.05) is 18.5 Å². The van der Waals surface area contributed by atoms with Crippen molar-refractivity contribution >= 4 is 17.6 Å². The summed E-state index contributed by atoms with van der Waals surface area (Å²) in [4.78, 5) is 22.2. The van der Waals surface area contributed by atoms with Crippen LogP contribution in [0.4, 0.5) is 10.5 Å². The van der Waals surface area contributed by atoms with Gasteiger partial charge < -0.3 is 26.6 Å². The molecule has 18 heavy (non-hydrogen) atoms. The molecule has 0 fully saturated rings. The Labute approximate surface area is 104 Å². The number of benzene rings is 1. The number of carbonyl (C=O) groups excluding carboxylic acids is 2. The largest absolute Gasteiger partial charge is 0.394 e. The molecule has 0 saturated carbocycles. The van der Waals surface area contributed by atoms with Gasteiger partial charge in [-0.1, -0.05) is 0 Å². The summed E-state index contributed by atoms with van der Waals surface area (Å²) >= 11 is 0. The topological polar surface area (TPSA) is 125 Å². The molecule has 6 N–H and O–H groups in total. The Morgan fingerprint density at radius 1 is 1.28 bits per heavy atom. The first-order valence-electron chi connectivity index (χ1n) is 5.26. The third-order valence-corrected chi connectivity index (χ3v) is 2.12. The quantitative estimate of drug-likeness (QED) is 0.474. The van der Waals surface area contributed by atoms with Crippen molar-refractivity contribution in [3.8, 4) is 0 Å². The van der Waals surface area contributed by atoms with Crippen LogP contribution >= 0.6 is 0 Å². The first-order valence-corrected chi connectivity index (χ1v) is 5.26. The second-order valence-electron chi connectivity index (χ2n) is 3.61. The molecule has 0 aromatic heterocycles. The van der Waals surface area contributed by atoms with E-state index in [1.54, 1.807) is 0 Å². The lowest BCUT2D eigenvalue weighted by atomic mass is 10.2. The standard InChI is InChI=1S/C11H15N3O4/c12-11(18)14-8-3-1-7(2-4-8)10(17)13-5-9(16)6-15/h1-4,9,15-16H,5-6H2,(H,13,17)(H3,12,14,18). The predicted molar refractivity (Wildman–Crippen MR) is 65.1 cm³/mol. The zero-order valence-corrected chi connectivity index (χ0v) is 9.59. The molecule has 1 aromatic carbocycles. The summed E-state index contributed by atoms with van der Waals surface area (Å²) in [6.07, 6.45) is -0.982. The number of rotatable bonds is 5. The highest BCUT2D eigenvalue weighted by Crippen LogP contribution is 2.09. The summed E-state index contributed by atoms with van der Waals surface area (Å²) in [6, 6.07) is 5.39. The molecule has 0 aliphatic carbocycles. The molecular weight excluding hydrogens is 238 g/mol. The Kier molecular flexibility index (Phi) is 5.09. The fraction of sp³-hybridized carbons (Fsp3) is 0.273. The zero-order valence-electron chi connectivity index (χ0n) is 9.59. The van der Waals surface area contributed by atoms with Crippen LogP contribution in [0, 0.1) is 0 Å². The van der Waals surface area contributed by atoms with Crippen LogP contribution in [-0.2, 0) is 0 Å². The van der Waals surface area contributed by atoms with Crippen LogP contribution in [0.3, 0.4) is 0 Å². The Morgan fingerprint density at radius 3 is 2.39 bits per heavy atom. The van der Waals surface area contributed by atoms with E-state index >= 15 is 0 Å². The smallest absolute Gasteiger partial charge is 0.316 e. The normalized spacial score (nSPS) is 11.7. The van der Waals surface area contributed by atoms with Gasteiger partial charge >= 0.3 is 6.03 Å².